The number of rotatable bonds is 5. The van der Waals surface area contributed by atoms with Crippen molar-refractivity contribution in [3.63, 3.8) is 0 Å². The molecule has 1 amide bonds. The van der Waals surface area contributed by atoms with Gasteiger partial charge >= 0.3 is 0 Å². The third kappa shape index (κ3) is 4.32. The Morgan fingerprint density at radius 3 is 2.94 bits per heavy atom. The van der Waals surface area contributed by atoms with Crippen LogP contribution in [0.2, 0.25) is 0 Å². The molecule has 94 valence electrons. The maximum atomic E-state index is 11.7. The average molecular weight is 303 g/mol. The second-order valence-electron chi connectivity index (χ2n) is 3.66. The molecule has 0 aliphatic heterocycles. The summed E-state index contributed by atoms with van der Waals surface area (Å²) >= 11 is 3.34. The van der Waals surface area contributed by atoms with Crippen LogP contribution in [0, 0.1) is 6.92 Å². The highest BCUT2D eigenvalue weighted by molar-refractivity contribution is 9.09. The standard InChI is InChI=1S/C11H15BrN2O3/c1-7-3-10(15)9(5-13-7)11(16)14-4-8(12)6-17-2/h3,5,8H,4,6H2,1-2H3,(H,13,15)(H,14,16). The van der Waals surface area contributed by atoms with Gasteiger partial charge in [-0.2, -0.15) is 0 Å². The number of H-pyrrole nitrogens is 1. The number of carbonyl (C=O) groups is 1. The number of aryl methyl sites for hydroxylation is 1. The van der Waals surface area contributed by atoms with E-state index in [-0.39, 0.29) is 21.7 Å². The molecule has 5 nitrogen and oxygen atoms in total. The molecule has 1 aromatic heterocycles. The highest BCUT2D eigenvalue weighted by Gasteiger charge is 2.11. The number of aromatic nitrogens is 1. The van der Waals surface area contributed by atoms with E-state index in [9.17, 15) is 9.59 Å². The van der Waals surface area contributed by atoms with Gasteiger partial charge in [0.1, 0.15) is 5.56 Å². The van der Waals surface area contributed by atoms with Crippen molar-refractivity contribution in [3.05, 3.63) is 33.7 Å². The molecule has 0 saturated carbocycles. The molecule has 1 aromatic rings. The third-order valence-electron chi connectivity index (χ3n) is 2.13. The van der Waals surface area contributed by atoms with Gasteiger partial charge in [0.05, 0.1) is 11.4 Å². The quantitative estimate of drug-likeness (QED) is 0.791. The van der Waals surface area contributed by atoms with Crippen LogP contribution < -0.4 is 10.7 Å². The highest BCUT2D eigenvalue weighted by Crippen LogP contribution is 1.98. The lowest BCUT2D eigenvalue weighted by Gasteiger charge is -2.09. The van der Waals surface area contributed by atoms with Crippen molar-refractivity contribution in [2.45, 2.75) is 11.8 Å². The molecule has 0 fully saturated rings. The Kier molecular flexibility index (Phi) is 5.37. The fourth-order valence-electron chi connectivity index (χ4n) is 1.29. The Balaban J connectivity index is 2.61. The summed E-state index contributed by atoms with van der Waals surface area (Å²) in [4.78, 5) is 26.1. The van der Waals surface area contributed by atoms with E-state index in [0.29, 0.717) is 13.2 Å². The van der Waals surface area contributed by atoms with Crippen molar-refractivity contribution in [1.29, 1.82) is 0 Å². The van der Waals surface area contributed by atoms with Gasteiger partial charge in [-0.3, -0.25) is 9.59 Å². The maximum Gasteiger partial charge on any atom is 0.256 e. The Labute approximate surface area is 108 Å². The molecular formula is C11H15BrN2O3. The fourth-order valence-corrected chi connectivity index (χ4v) is 1.72. The van der Waals surface area contributed by atoms with Gasteiger partial charge in [0.25, 0.3) is 5.91 Å². The largest absolute Gasteiger partial charge is 0.383 e. The zero-order valence-electron chi connectivity index (χ0n) is 9.75. The number of hydrogen-bond acceptors (Lipinski definition) is 3. The lowest BCUT2D eigenvalue weighted by atomic mass is 10.2. The SMILES string of the molecule is COCC(Br)CNC(=O)c1c[nH]c(C)cc1=O. The van der Waals surface area contributed by atoms with Gasteiger partial charge in [-0.05, 0) is 6.92 Å². The van der Waals surface area contributed by atoms with Crippen molar-refractivity contribution < 1.29 is 9.53 Å². The average Bonchev–Trinajstić information content (AvgIpc) is 2.26. The molecule has 0 saturated heterocycles. The van der Waals surface area contributed by atoms with Crippen molar-refractivity contribution >= 4 is 21.8 Å². The number of ether oxygens (including phenoxy) is 1. The van der Waals surface area contributed by atoms with Crippen LogP contribution >= 0.6 is 15.9 Å². The monoisotopic (exact) mass is 302 g/mol. The Morgan fingerprint density at radius 1 is 1.65 bits per heavy atom. The minimum absolute atomic E-state index is 0.0287. The minimum atomic E-state index is -0.383. The zero-order chi connectivity index (χ0) is 12.8. The van der Waals surface area contributed by atoms with Gasteiger partial charge < -0.3 is 15.0 Å². The van der Waals surface area contributed by atoms with E-state index in [1.807, 2.05) is 0 Å². The lowest BCUT2D eigenvalue weighted by Crippen LogP contribution is -2.34. The van der Waals surface area contributed by atoms with Gasteiger partial charge in [0.15, 0.2) is 5.43 Å². The molecular weight excluding hydrogens is 288 g/mol. The first-order valence-corrected chi connectivity index (χ1v) is 6.06. The van der Waals surface area contributed by atoms with E-state index < -0.39 is 0 Å². The Hall–Kier alpha value is -1.14. The molecule has 0 radical (unpaired) electrons. The summed E-state index contributed by atoms with van der Waals surface area (Å²) in [6.07, 6.45) is 1.42. The molecule has 17 heavy (non-hydrogen) atoms. The summed E-state index contributed by atoms with van der Waals surface area (Å²) in [5.74, 6) is -0.383. The molecule has 1 unspecified atom stereocenters. The number of hydrogen-bond donors (Lipinski definition) is 2. The third-order valence-corrected chi connectivity index (χ3v) is 2.72. The van der Waals surface area contributed by atoms with Crippen LogP contribution in [0.3, 0.4) is 0 Å². The Bertz CT molecular complexity index is 445. The van der Waals surface area contributed by atoms with Crippen molar-refractivity contribution in [2.75, 3.05) is 20.3 Å². The van der Waals surface area contributed by atoms with E-state index in [0.717, 1.165) is 5.69 Å². The summed E-state index contributed by atoms with van der Waals surface area (Å²) in [6, 6.07) is 1.40. The number of nitrogens with one attached hydrogen (secondary N) is 2. The first-order valence-electron chi connectivity index (χ1n) is 5.15. The van der Waals surface area contributed by atoms with Crippen LogP contribution in [0.25, 0.3) is 0 Å². The van der Waals surface area contributed by atoms with Crippen LogP contribution in [0.1, 0.15) is 16.1 Å². The predicted octanol–water partition coefficient (Wildman–Crippen LogP) is 0.823. The molecule has 2 N–H and O–H groups in total. The molecule has 0 aromatic carbocycles. The van der Waals surface area contributed by atoms with E-state index in [1.54, 1.807) is 14.0 Å². The van der Waals surface area contributed by atoms with Crippen molar-refractivity contribution in [3.8, 4) is 0 Å². The first-order chi connectivity index (χ1) is 8.04. The number of pyridine rings is 1. The van der Waals surface area contributed by atoms with Gasteiger partial charge in [-0.15, -0.1) is 0 Å². The van der Waals surface area contributed by atoms with Gasteiger partial charge in [-0.25, -0.2) is 0 Å². The van der Waals surface area contributed by atoms with Crippen LogP contribution in [-0.4, -0.2) is 36.0 Å². The molecule has 0 spiro atoms. The van der Waals surface area contributed by atoms with Crippen LogP contribution in [0.15, 0.2) is 17.1 Å². The summed E-state index contributed by atoms with van der Waals surface area (Å²) in [5.41, 5.74) is 0.564. The van der Waals surface area contributed by atoms with E-state index in [4.69, 9.17) is 4.74 Å². The van der Waals surface area contributed by atoms with Gasteiger partial charge in [0, 0.05) is 31.6 Å². The van der Waals surface area contributed by atoms with Crippen molar-refractivity contribution in [2.24, 2.45) is 0 Å². The first kappa shape index (κ1) is 13.9. The lowest BCUT2D eigenvalue weighted by molar-refractivity contribution is 0.0948. The molecule has 0 aliphatic carbocycles. The molecule has 1 rings (SSSR count). The van der Waals surface area contributed by atoms with Gasteiger partial charge in [-0.1, -0.05) is 15.9 Å². The van der Waals surface area contributed by atoms with E-state index in [1.165, 1.54) is 12.3 Å². The van der Waals surface area contributed by atoms with Crippen LogP contribution in [0.5, 0.6) is 0 Å². The maximum absolute atomic E-state index is 11.7. The fraction of sp³-hybridized carbons (Fsp3) is 0.455. The number of carbonyl (C=O) groups excluding carboxylic acids is 1. The Morgan fingerprint density at radius 2 is 2.35 bits per heavy atom. The summed E-state index contributed by atoms with van der Waals surface area (Å²) in [6.45, 7) is 2.65. The summed E-state index contributed by atoms with van der Waals surface area (Å²) < 4.78 is 4.91. The summed E-state index contributed by atoms with van der Waals surface area (Å²) in [5, 5.41) is 2.66. The van der Waals surface area contributed by atoms with Crippen molar-refractivity contribution in [1.82, 2.24) is 10.3 Å². The number of methoxy groups -OCH3 is 1. The van der Waals surface area contributed by atoms with Crippen LogP contribution in [-0.2, 0) is 4.74 Å². The normalized spacial score (nSPS) is 12.2. The number of amides is 1. The molecule has 0 bridgehead atoms. The smallest absolute Gasteiger partial charge is 0.256 e. The second-order valence-corrected chi connectivity index (χ2v) is 4.95. The number of halogens is 1. The second kappa shape index (κ2) is 6.56. The van der Waals surface area contributed by atoms with E-state index >= 15 is 0 Å². The van der Waals surface area contributed by atoms with E-state index in [2.05, 4.69) is 26.2 Å². The highest BCUT2D eigenvalue weighted by atomic mass is 79.9. The van der Waals surface area contributed by atoms with Crippen LogP contribution in [0.4, 0.5) is 0 Å². The molecule has 6 heteroatoms. The molecule has 0 aliphatic rings. The molecule has 1 atom stereocenters. The number of aromatic amines is 1. The summed E-state index contributed by atoms with van der Waals surface area (Å²) in [7, 11) is 1.58. The molecule has 1 heterocycles. The topological polar surface area (TPSA) is 71.2 Å². The van der Waals surface area contributed by atoms with Gasteiger partial charge in [0.2, 0.25) is 0 Å². The minimum Gasteiger partial charge on any atom is -0.383 e. The predicted molar refractivity (Wildman–Crippen MR) is 68.7 cm³/mol. The number of alkyl halides is 1. The zero-order valence-corrected chi connectivity index (χ0v) is 11.3.